The number of rotatable bonds is 4. The van der Waals surface area contributed by atoms with Crippen molar-refractivity contribution in [3.05, 3.63) is 53.3 Å². The van der Waals surface area contributed by atoms with Gasteiger partial charge in [-0.25, -0.2) is 0 Å². The first-order valence-electron chi connectivity index (χ1n) is 6.68. The third-order valence-corrected chi connectivity index (χ3v) is 8.86. The second-order valence-electron chi connectivity index (χ2n) is 4.99. The zero-order valence-electron chi connectivity index (χ0n) is 11.2. The fraction of sp³-hybridized carbons (Fsp3) is 0.375. The summed E-state index contributed by atoms with van der Waals surface area (Å²) in [5, 5.41) is 3.27. The predicted molar refractivity (Wildman–Crippen MR) is 79.2 cm³/mol. The van der Waals surface area contributed by atoms with Crippen LogP contribution in [0.1, 0.15) is 26.7 Å². The molecule has 0 aliphatic heterocycles. The van der Waals surface area contributed by atoms with Crippen molar-refractivity contribution in [1.82, 2.24) is 0 Å². The van der Waals surface area contributed by atoms with E-state index in [-0.39, 0.29) is 0 Å². The van der Waals surface area contributed by atoms with E-state index in [2.05, 4.69) is 62.9 Å². The van der Waals surface area contributed by atoms with Crippen LogP contribution in [0, 0.1) is 0 Å². The van der Waals surface area contributed by atoms with Crippen molar-refractivity contribution in [3.8, 4) is 0 Å². The molecular weight excluding hydrogens is 220 g/mol. The standard InChI is InChI=1S/C16H22Si/c1-4-14-10-9-13-16(14)17(3,5-2)15-11-7-6-8-12-15/h6-8,10-13H,4-5,9H2,1-3H3. The summed E-state index contributed by atoms with van der Waals surface area (Å²) in [4.78, 5) is 0. The molecule has 17 heavy (non-hydrogen) atoms. The van der Waals surface area contributed by atoms with Crippen LogP contribution in [0.2, 0.25) is 12.6 Å². The Labute approximate surface area is 106 Å². The van der Waals surface area contributed by atoms with Gasteiger partial charge in [-0.15, -0.1) is 0 Å². The molecule has 1 aromatic rings. The van der Waals surface area contributed by atoms with Crippen LogP contribution in [0.5, 0.6) is 0 Å². The lowest BCUT2D eigenvalue weighted by molar-refractivity contribution is 1.13. The fourth-order valence-corrected chi connectivity index (χ4v) is 6.41. The van der Waals surface area contributed by atoms with Gasteiger partial charge >= 0.3 is 0 Å². The van der Waals surface area contributed by atoms with Crippen LogP contribution in [-0.4, -0.2) is 8.07 Å². The molecule has 90 valence electrons. The Morgan fingerprint density at radius 3 is 2.35 bits per heavy atom. The van der Waals surface area contributed by atoms with Gasteiger partial charge in [0, 0.05) is 0 Å². The highest BCUT2D eigenvalue weighted by atomic mass is 28.3. The number of hydrogen-bond donors (Lipinski definition) is 0. The van der Waals surface area contributed by atoms with E-state index in [1.54, 1.807) is 16.0 Å². The maximum Gasteiger partial charge on any atom is 0.114 e. The molecule has 1 unspecified atom stereocenters. The summed E-state index contributed by atoms with van der Waals surface area (Å²) in [7, 11) is -1.46. The average Bonchev–Trinajstić information content (AvgIpc) is 2.87. The molecule has 0 N–H and O–H groups in total. The molecule has 0 fully saturated rings. The van der Waals surface area contributed by atoms with Crippen molar-refractivity contribution >= 4 is 13.3 Å². The zero-order valence-corrected chi connectivity index (χ0v) is 12.2. The summed E-state index contributed by atoms with van der Waals surface area (Å²) in [6.07, 6.45) is 7.22. The average molecular weight is 242 g/mol. The van der Waals surface area contributed by atoms with Crippen LogP contribution in [0.25, 0.3) is 0 Å². The molecule has 0 saturated carbocycles. The van der Waals surface area contributed by atoms with Gasteiger partial charge in [0.25, 0.3) is 0 Å². The molecule has 1 heteroatoms. The van der Waals surface area contributed by atoms with E-state index in [1.165, 1.54) is 12.5 Å². The van der Waals surface area contributed by atoms with Crippen LogP contribution >= 0.6 is 0 Å². The summed E-state index contributed by atoms with van der Waals surface area (Å²) in [6, 6.07) is 12.4. The number of hydrogen-bond acceptors (Lipinski definition) is 0. The molecule has 1 aliphatic carbocycles. The summed E-state index contributed by atoms with van der Waals surface area (Å²) in [5.41, 5.74) is 1.60. The molecule has 2 rings (SSSR count). The highest BCUT2D eigenvalue weighted by molar-refractivity contribution is 6.97. The third-order valence-electron chi connectivity index (χ3n) is 4.13. The lowest BCUT2D eigenvalue weighted by Gasteiger charge is -2.30. The number of allylic oxidation sites excluding steroid dienone is 4. The van der Waals surface area contributed by atoms with Gasteiger partial charge < -0.3 is 0 Å². The quantitative estimate of drug-likeness (QED) is 0.694. The van der Waals surface area contributed by atoms with Gasteiger partial charge in [-0.05, 0) is 12.8 Å². The lowest BCUT2D eigenvalue weighted by atomic mass is 10.2. The van der Waals surface area contributed by atoms with E-state index in [1.807, 2.05) is 0 Å². The highest BCUT2D eigenvalue weighted by Crippen LogP contribution is 2.32. The van der Waals surface area contributed by atoms with E-state index < -0.39 is 8.07 Å². The van der Waals surface area contributed by atoms with Gasteiger partial charge in [0.15, 0.2) is 0 Å². The predicted octanol–water partition coefficient (Wildman–Crippen LogP) is 4.20. The smallest absolute Gasteiger partial charge is 0.0808 e. The van der Waals surface area contributed by atoms with E-state index in [4.69, 9.17) is 0 Å². The second-order valence-corrected chi connectivity index (χ2v) is 9.48. The Kier molecular flexibility index (Phi) is 3.68. The summed E-state index contributed by atoms with van der Waals surface area (Å²) < 4.78 is 0. The van der Waals surface area contributed by atoms with E-state index in [0.29, 0.717) is 0 Å². The highest BCUT2D eigenvalue weighted by Gasteiger charge is 2.34. The SMILES string of the molecule is CCC1=CCC=C1[Si](C)(CC)c1ccccc1. The van der Waals surface area contributed by atoms with Crippen molar-refractivity contribution in [2.24, 2.45) is 0 Å². The minimum Gasteiger partial charge on any atom is -0.0808 e. The Morgan fingerprint density at radius 2 is 1.76 bits per heavy atom. The Bertz CT molecular complexity index is 442. The topological polar surface area (TPSA) is 0 Å². The van der Waals surface area contributed by atoms with Crippen LogP contribution in [0.4, 0.5) is 0 Å². The van der Waals surface area contributed by atoms with Gasteiger partial charge in [-0.2, -0.15) is 0 Å². The molecule has 0 aromatic heterocycles. The van der Waals surface area contributed by atoms with E-state index in [9.17, 15) is 0 Å². The largest absolute Gasteiger partial charge is 0.114 e. The molecule has 0 radical (unpaired) electrons. The van der Waals surface area contributed by atoms with Crippen LogP contribution in [0.3, 0.4) is 0 Å². The first kappa shape index (κ1) is 12.4. The summed E-state index contributed by atoms with van der Waals surface area (Å²) in [6.45, 7) is 7.15. The first-order chi connectivity index (χ1) is 8.22. The molecule has 1 atom stereocenters. The molecule has 0 spiro atoms. The van der Waals surface area contributed by atoms with Crippen LogP contribution in [0.15, 0.2) is 53.3 Å². The zero-order chi connectivity index (χ0) is 12.3. The maximum atomic E-state index is 2.52. The van der Waals surface area contributed by atoms with Crippen molar-refractivity contribution in [3.63, 3.8) is 0 Å². The lowest BCUT2D eigenvalue weighted by Crippen LogP contribution is -2.46. The molecule has 0 saturated heterocycles. The van der Waals surface area contributed by atoms with Gasteiger partial charge in [0.05, 0.1) is 0 Å². The summed E-state index contributed by atoms with van der Waals surface area (Å²) in [5.74, 6) is 0. The molecule has 0 amide bonds. The second kappa shape index (κ2) is 5.05. The monoisotopic (exact) mass is 242 g/mol. The van der Waals surface area contributed by atoms with Crippen molar-refractivity contribution in [2.75, 3.05) is 0 Å². The Hall–Kier alpha value is -1.08. The maximum absolute atomic E-state index is 2.52. The van der Waals surface area contributed by atoms with Gasteiger partial charge in [-0.3, -0.25) is 0 Å². The van der Waals surface area contributed by atoms with Crippen molar-refractivity contribution in [2.45, 2.75) is 39.3 Å². The fourth-order valence-electron chi connectivity index (χ4n) is 2.83. The Morgan fingerprint density at radius 1 is 1.06 bits per heavy atom. The number of benzene rings is 1. The normalized spacial score (nSPS) is 18.5. The van der Waals surface area contributed by atoms with Gasteiger partial charge in [-0.1, -0.05) is 84.9 Å². The van der Waals surface area contributed by atoms with E-state index >= 15 is 0 Å². The molecule has 1 aromatic carbocycles. The molecule has 0 heterocycles. The van der Waals surface area contributed by atoms with Crippen molar-refractivity contribution in [1.29, 1.82) is 0 Å². The van der Waals surface area contributed by atoms with Crippen molar-refractivity contribution < 1.29 is 0 Å². The molecular formula is C16H22Si. The van der Waals surface area contributed by atoms with E-state index in [0.717, 1.165) is 6.42 Å². The van der Waals surface area contributed by atoms with Gasteiger partial charge in [0.2, 0.25) is 0 Å². The molecule has 0 nitrogen and oxygen atoms in total. The molecule has 1 aliphatic rings. The third kappa shape index (κ3) is 2.16. The molecule has 0 bridgehead atoms. The van der Waals surface area contributed by atoms with Gasteiger partial charge in [0.1, 0.15) is 8.07 Å². The minimum atomic E-state index is -1.46. The minimum absolute atomic E-state index is 1.15. The first-order valence-corrected chi connectivity index (χ1v) is 9.38. The van der Waals surface area contributed by atoms with Crippen LogP contribution in [-0.2, 0) is 0 Å². The van der Waals surface area contributed by atoms with Crippen LogP contribution < -0.4 is 5.19 Å². The Balaban J connectivity index is 2.43. The summed E-state index contributed by atoms with van der Waals surface area (Å²) >= 11 is 0.